The highest BCUT2D eigenvalue weighted by molar-refractivity contribution is 8.13. The first-order valence-corrected chi connectivity index (χ1v) is 7.65. The van der Waals surface area contributed by atoms with Gasteiger partial charge in [-0.05, 0) is 17.5 Å². The lowest BCUT2D eigenvalue weighted by Crippen LogP contribution is -2.31. The van der Waals surface area contributed by atoms with Gasteiger partial charge in [0.15, 0.2) is 5.17 Å². The smallest absolute Gasteiger partial charge is 0.156 e. The molecule has 110 valence electrons. The SMILES string of the molecule is COc1ccc(CNC2=NCC(C)(C)CS2)c(OC)c1. The Morgan fingerprint density at radius 3 is 2.70 bits per heavy atom. The number of hydrogen-bond acceptors (Lipinski definition) is 5. The molecular formula is C15H22N2O2S. The highest BCUT2D eigenvalue weighted by Gasteiger charge is 2.23. The van der Waals surface area contributed by atoms with Gasteiger partial charge in [0, 0.05) is 30.5 Å². The second-order valence-electron chi connectivity index (χ2n) is 5.61. The van der Waals surface area contributed by atoms with E-state index >= 15 is 0 Å². The third-order valence-corrected chi connectivity index (χ3v) is 4.65. The van der Waals surface area contributed by atoms with Crippen LogP contribution < -0.4 is 14.8 Å². The van der Waals surface area contributed by atoms with Crippen LogP contribution in [0.3, 0.4) is 0 Å². The summed E-state index contributed by atoms with van der Waals surface area (Å²) >= 11 is 1.78. The summed E-state index contributed by atoms with van der Waals surface area (Å²) < 4.78 is 10.6. The van der Waals surface area contributed by atoms with Gasteiger partial charge in [-0.2, -0.15) is 0 Å². The number of nitrogens with one attached hydrogen (secondary N) is 1. The Morgan fingerprint density at radius 2 is 2.10 bits per heavy atom. The summed E-state index contributed by atoms with van der Waals surface area (Å²) in [5.74, 6) is 2.73. The Bertz CT molecular complexity index is 501. The molecule has 0 atom stereocenters. The Balaban J connectivity index is 1.99. The van der Waals surface area contributed by atoms with Crippen LogP contribution in [0.2, 0.25) is 0 Å². The Kier molecular flexibility index (Phi) is 4.81. The van der Waals surface area contributed by atoms with Crippen molar-refractivity contribution in [1.29, 1.82) is 0 Å². The third-order valence-electron chi connectivity index (χ3n) is 3.17. The molecule has 0 radical (unpaired) electrons. The fourth-order valence-electron chi connectivity index (χ4n) is 1.92. The molecule has 1 aliphatic rings. The van der Waals surface area contributed by atoms with Gasteiger partial charge in [0.05, 0.1) is 14.2 Å². The maximum atomic E-state index is 5.39. The normalized spacial score (nSPS) is 17.3. The molecule has 0 spiro atoms. The van der Waals surface area contributed by atoms with Crippen molar-refractivity contribution in [3.05, 3.63) is 23.8 Å². The molecule has 0 bridgehead atoms. The van der Waals surface area contributed by atoms with Crippen molar-refractivity contribution < 1.29 is 9.47 Å². The first kappa shape index (κ1) is 15.0. The van der Waals surface area contributed by atoms with Gasteiger partial charge in [-0.1, -0.05) is 25.6 Å². The van der Waals surface area contributed by atoms with Crippen LogP contribution in [0, 0.1) is 5.41 Å². The molecule has 1 aromatic carbocycles. The summed E-state index contributed by atoms with van der Waals surface area (Å²) in [6.07, 6.45) is 0. The predicted octanol–water partition coefficient (Wildman–Crippen LogP) is 2.92. The average Bonchev–Trinajstić information content (AvgIpc) is 2.46. The molecule has 4 nitrogen and oxygen atoms in total. The number of nitrogens with zero attached hydrogens (tertiary/aromatic N) is 1. The molecule has 1 heterocycles. The minimum atomic E-state index is 0.299. The molecule has 0 saturated carbocycles. The van der Waals surface area contributed by atoms with Crippen molar-refractivity contribution in [2.45, 2.75) is 20.4 Å². The van der Waals surface area contributed by atoms with Gasteiger partial charge < -0.3 is 14.8 Å². The molecule has 0 unspecified atom stereocenters. The van der Waals surface area contributed by atoms with Crippen LogP contribution in [0.15, 0.2) is 23.2 Å². The van der Waals surface area contributed by atoms with Gasteiger partial charge in [-0.3, -0.25) is 4.99 Å². The largest absolute Gasteiger partial charge is 0.497 e. The standard InChI is InChI=1S/C15H22N2O2S/c1-15(2)9-17-14(20-10-15)16-8-11-5-6-12(18-3)7-13(11)19-4/h5-7H,8-10H2,1-4H3,(H,16,17). The lowest BCUT2D eigenvalue weighted by atomic mass is 9.97. The fourth-order valence-corrected chi connectivity index (χ4v) is 2.87. The quantitative estimate of drug-likeness (QED) is 0.927. The zero-order valence-electron chi connectivity index (χ0n) is 12.5. The second kappa shape index (κ2) is 6.39. The summed E-state index contributed by atoms with van der Waals surface area (Å²) in [7, 11) is 3.33. The Labute approximate surface area is 125 Å². The highest BCUT2D eigenvalue weighted by atomic mass is 32.2. The fraction of sp³-hybridized carbons (Fsp3) is 0.533. The van der Waals surface area contributed by atoms with Gasteiger partial charge in [0.25, 0.3) is 0 Å². The van der Waals surface area contributed by atoms with E-state index in [0.717, 1.165) is 34.5 Å². The molecule has 1 aliphatic heterocycles. The number of aliphatic imine (C=N–C) groups is 1. The van der Waals surface area contributed by atoms with Crippen molar-refractivity contribution in [3.63, 3.8) is 0 Å². The van der Waals surface area contributed by atoms with Crippen LogP contribution in [0.25, 0.3) is 0 Å². The van der Waals surface area contributed by atoms with Crippen LogP contribution in [-0.2, 0) is 6.54 Å². The third kappa shape index (κ3) is 3.82. The maximum Gasteiger partial charge on any atom is 0.156 e. The monoisotopic (exact) mass is 294 g/mol. The van der Waals surface area contributed by atoms with E-state index in [0.29, 0.717) is 12.0 Å². The van der Waals surface area contributed by atoms with Crippen LogP contribution in [0.1, 0.15) is 19.4 Å². The minimum Gasteiger partial charge on any atom is -0.497 e. The summed E-state index contributed by atoms with van der Waals surface area (Å²) in [6, 6.07) is 5.86. The molecule has 2 rings (SSSR count). The summed E-state index contributed by atoms with van der Waals surface area (Å²) in [5, 5.41) is 4.40. The summed E-state index contributed by atoms with van der Waals surface area (Å²) in [4.78, 5) is 4.59. The first-order valence-electron chi connectivity index (χ1n) is 6.66. The summed E-state index contributed by atoms with van der Waals surface area (Å²) in [5.41, 5.74) is 1.40. The van der Waals surface area contributed by atoms with Gasteiger partial charge in [-0.15, -0.1) is 0 Å². The van der Waals surface area contributed by atoms with Crippen molar-refractivity contribution >= 4 is 16.9 Å². The number of benzene rings is 1. The van der Waals surface area contributed by atoms with Gasteiger partial charge in [-0.25, -0.2) is 0 Å². The highest BCUT2D eigenvalue weighted by Crippen LogP contribution is 2.28. The van der Waals surface area contributed by atoms with E-state index in [9.17, 15) is 0 Å². The number of thioether (sulfide) groups is 1. The number of ether oxygens (including phenoxy) is 2. The zero-order valence-corrected chi connectivity index (χ0v) is 13.3. The van der Waals surface area contributed by atoms with E-state index in [1.807, 2.05) is 18.2 Å². The Hall–Kier alpha value is -1.36. The zero-order chi connectivity index (χ0) is 14.6. The molecule has 1 N–H and O–H groups in total. The molecule has 0 fully saturated rings. The number of methoxy groups -OCH3 is 2. The van der Waals surface area contributed by atoms with Crippen molar-refractivity contribution in [2.24, 2.45) is 10.4 Å². The van der Waals surface area contributed by atoms with E-state index < -0.39 is 0 Å². The van der Waals surface area contributed by atoms with Gasteiger partial charge in [0.2, 0.25) is 0 Å². The topological polar surface area (TPSA) is 42.8 Å². The van der Waals surface area contributed by atoms with Crippen molar-refractivity contribution in [2.75, 3.05) is 26.5 Å². The van der Waals surface area contributed by atoms with E-state index in [2.05, 4.69) is 24.2 Å². The molecular weight excluding hydrogens is 272 g/mol. The summed E-state index contributed by atoms with van der Waals surface area (Å²) in [6.45, 7) is 6.07. The first-order chi connectivity index (χ1) is 9.54. The molecule has 5 heteroatoms. The maximum absolute atomic E-state index is 5.39. The molecule has 0 amide bonds. The lowest BCUT2D eigenvalue weighted by Gasteiger charge is -2.27. The number of amidine groups is 1. The van der Waals surface area contributed by atoms with Gasteiger partial charge >= 0.3 is 0 Å². The van der Waals surface area contributed by atoms with Crippen LogP contribution in [0.4, 0.5) is 0 Å². The Morgan fingerprint density at radius 1 is 1.30 bits per heavy atom. The molecule has 0 aromatic heterocycles. The van der Waals surface area contributed by atoms with Crippen molar-refractivity contribution in [3.8, 4) is 11.5 Å². The van der Waals surface area contributed by atoms with Gasteiger partial charge in [0.1, 0.15) is 11.5 Å². The van der Waals surface area contributed by atoms with Crippen LogP contribution >= 0.6 is 11.8 Å². The van der Waals surface area contributed by atoms with Crippen molar-refractivity contribution in [1.82, 2.24) is 5.32 Å². The average molecular weight is 294 g/mol. The van der Waals surface area contributed by atoms with E-state index in [4.69, 9.17) is 9.47 Å². The molecule has 0 aliphatic carbocycles. The molecule has 1 aromatic rings. The minimum absolute atomic E-state index is 0.299. The number of hydrogen-bond donors (Lipinski definition) is 1. The predicted molar refractivity (Wildman–Crippen MR) is 84.9 cm³/mol. The molecule has 0 saturated heterocycles. The van der Waals surface area contributed by atoms with Crippen LogP contribution in [0.5, 0.6) is 11.5 Å². The van der Waals surface area contributed by atoms with E-state index in [1.54, 1.807) is 26.0 Å². The van der Waals surface area contributed by atoms with E-state index in [1.165, 1.54) is 0 Å². The molecule has 20 heavy (non-hydrogen) atoms. The van der Waals surface area contributed by atoms with Crippen LogP contribution in [-0.4, -0.2) is 31.7 Å². The lowest BCUT2D eigenvalue weighted by molar-refractivity contribution is 0.390. The second-order valence-corrected chi connectivity index (χ2v) is 6.57. The van der Waals surface area contributed by atoms with E-state index in [-0.39, 0.29) is 0 Å². The number of rotatable bonds is 4.